The Kier molecular flexibility index (Phi) is 11.1. The molecule has 3 aliphatic heterocycles. The fraction of sp³-hybridized carbons (Fsp3) is 0.900. The number of halogens is 2. The number of nitrogens with one attached hydrogen (secondary N) is 1. The highest BCUT2D eigenvalue weighted by atomic mass is 35.5. The summed E-state index contributed by atoms with van der Waals surface area (Å²) < 4.78 is 0. The monoisotopic (exact) mass is 436 g/mol. The molecule has 2 amide bonds. The second-order valence-corrected chi connectivity index (χ2v) is 8.26. The Labute approximate surface area is 182 Å². The van der Waals surface area contributed by atoms with Crippen molar-refractivity contribution in [1.29, 1.82) is 0 Å². The Bertz CT molecular complexity index is 493. The average molecular weight is 437 g/mol. The van der Waals surface area contributed by atoms with Gasteiger partial charge in [0.05, 0.1) is 6.54 Å². The van der Waals surface area contributed by atoms with Crippen molar-refractivity contribution in [1.82, 2.24) is 20.0 Å². The second kappa shape index (κ2) is 12.2. The zero-order chi connectivity index (χ0) is 18.5. The van der Waals surface area contributed by atoms with Gasteiger partial charge in [0.1, 0.15) is 0 Å². The van der Waals surface area contributed by atoms with Gasteiger partial charge in [-0.25, -0.2) is 0 Å². The third-order valence-corrected chi connectivity index (χ3v) is 6.45. The van der Waals surface area contributed by atoms with E-state index >= 15 is 0 Å². The Morgan fingerprint density at radius 1 is 0.964 bits per heavy atom. The molecule has 3 rings (SSSR count). The van der Waals surface area contributed by atoms with E-state index in [1.807, 2.05) is 23.6 Å². The molecule has 1 N–H and O–H groups in total. The average Bonchev–Trinajstić information content (AvgIpc) is 2.82. The zero-order valence-corrected chi connectivity index (χ0v) is 19.0. The number of amides is 2. The van der Waals surface area contributed by atoms with E-state index in [1.54, 1.807) is 0 Å². The Morgan fingerprint density at radius 3 is 2.21 bits per heavy atom. The molecule has 2 atom stereocenters. The maximum Gasteiger partial charge on any atom is 0.236 e. The molecule has 0 saturated carbocycles. The maximum atomic E-state index is 12.8. The number of carbonyl (C=O) groups is 2. The van der Waals surface area contributed by atoms with E-state index in [0.29, 0.717) is 36.9 Å². The van der Waals surface area contributed by atoms with E-state index in [1.165, 1.54) is 25.7 Å². The third kappa shape index (κ3) is 6.75. The Morgan fingerprint density at radius 2 is 1.61 bits per heavy atom. The van der Waals surface area contributed by atoms with Crippen LogP contribution in [0.15, 0.2) is 0 Å². The van der Waals surface area contributed by atoms with Gasteiger partial charge in [0.25, 0.3) is 0 Å². The van der Waals surface area contributed by atoms with Crippen molar-refractivity contribution in [2.45, 2.75) is 64.5 Å². The maximum absolute atomic E-state index is 12.8. The highest BCUT2D eigenvalue weighted by Crippen LogP contribution is 2.33. The lowest BCUT2D eigenvalue weighted by atomic mass is 9.89. The van der Waals surface area contributed by atoms with E-state index in [-0.39, 0.29) is 30.7 Å². The molecule has 0 radical (unpaired) electrons. The molecule has 0 aromatic carbocycles. The summed E-state index contributed by atoms with van der Waals surface area (Å²) in [5.41, 5.74) is 0. The van der Waals surface area contributed by atoms with Crippen LogP contribution in [0.25, 0.3) is 0 Å². The van der Waals surface area contributed by atoms with Crippen molar-refractivity contribution in [2.24, 2.45) is 5.92 Å². The minimum atomic E-state index is 0. The summed E-state index contributed by atoms with van der Waals surface area (Å²) in [7, 11) is 0. The predicted octanol–water partition coefficient (Wildman–Crippen LogP) is 2.15. The van der Waals surface area contributed by atoms with Gasteiger partial charge < -0.3 is 15.1 Å². The first kappa shape index (κ1) is 25.5. The summed E-state index contributed by atoms with van der Waals surface area (Å²) in [6, 6.07) is 1.30. The van der Waals surface area contributed by atoms with Gasteiger partial charge in [-0.15, -0.1) is 24.8 Å². The first-order valence-electron chi connectivity index (χ1n) is 10.6. The molecule has 6 nitrogen and oxygen atoms in total. The van der Waals surface area contributed by atoms with Gasteiger partial charge in [-0.05, 0) is 51.9 Å². The fourth-order valence-electron chi connectivity index (χ4n) is 4.96. The second-order valence-electron chi connectivity index (χ2n) is 8.26. The largest absolute Gasteiger partial charge is 0.342 e. The van der Waals surface area contributed by atoms with E-state index in [0.717, 1.165) is 45.7 Å². The Hall–Kier alpha value is -0.560. The zero-order valence-electron chi connectivity index (χ0n) is 17.4. The minimum absolute atomic E-state index is 0. The van der Waals surface area contributed by atoms with E-state index in [9.17, 15) is 9.59 Å². The van der Waals surface area contributed by atoms with Gasteiger partial charge in [-0.2, -0.15) is 0 Å². The van der Waals surface area contributed by atoms with Crippen LogP contribution in [-0.4, -0.2) is 84.4 Å². The molecule has 3 heterocycles. The van der Waals surface area contributed by atoms with Crippen LogP contribution < -0.4 is 5.32 Å². The molecule has 2 unspecified atom stereocenters. The van der Waals surface area contributed by atoms with Crippen LogP contribution in [0.1, 0.15) is 52.4 Å². The van der Waals surface area contributed by atoms with Crippen LogP contribution >= 0.6 is 24.8 Å². The summed E-state index contributed by atoms with van der Waals surface area (Å²) >= 11 is 0. The van der Waals surface area contributed by atoms with Crippen molar-refractivity contribution in [3.63, 3.8) is 0 Å². The van der Waals surface area contributed by atoms with Gasteiger partial charge in [0, 0.05) is 57.8 Å². The molecule has 3 aliphatic rings. The topological polar surface area (TPSA) is 55.9 Å². The summed E-state index contributed by atoms with van der Waals surface area (Å²) in [6.45, 7) is 9.41. The molecule has 0 aromatic heterocycles. The quantitative estimate of drug-likeness (QED) is 0.692. The highest BCUT2D eigenvalue weighted by molar-refractivity contribution is 5.85. The van der Waals surface area contributed by atoms with Gasteiger partial charge in [0.15, 0.2) is 0 Å². The van der Waals surface area contributed by atoms with Gasteiger partial charge in [-0.3, -0.25) is 14.5 Å². The number of nitrogens with zero attached hydrogens (tertiary/aromatic N) is 3. The molecule has 164 valence electrons. The normalized spacial score (nSPS) is 27.4. The van der Waals surface area contributed by atoms with Crippen molar-refractivity contribution >= 4 is 36.6 Å². The van der Waals surface area contributed by atoms with Crippen molar-refractivity contribution in [3.05, 3.63) is 0 Å². The van der Waals surface area contributed by atoms with Crippen LogP contribution in [0.2, 0.25) is 0 Å². The van der Waals surface area contributed by atoms with E-state index in [2.05, 4.69) is 10.2 Å². The lowest BCUT2D eigenvalue weighted by Gasteiger charge is -2.30. The summed E-state index contributed by atoms with van der Waals surface area (Å²) in [5.74, 6) is 1.10. The van der Waals surface area contributed by atoms with Crippen LogP contribution in [0.3, 0.4) is 0 Å². The lowest BCUT2D eigenvalue weighted by Crippen LogP contribution is -2.43. The van der Waals surface area contributed by atoms with Crippen LogP contribution in [0, 0.1) is 5.92 Å². The SMILES string of the molecule is CCN(CC)C(=O)CN1CCCN(C(=O)CC2CC3CCC(C2)N3)CC1.Cl.Cl. The molecular weight excluding hydrogens is 399 g/mol. The van der Waals surface area contributed by atoms with Gasteiger partial charge >= 0.3 is 0 Å². The molecule has 8 heteroatoms. The van der Waals surface area contributed by atoms with Gasteiger partial charge in [-0.1, -0.05) is 0 Å². The summed E-state index contributed by atoms with van der Waals surface area (Å²) in [5, 5.41) is 3.66. The van der Waals surface area contributed by atoms with E-state index < -0.39 is 0 Å². The number of piperidine rings is 1. The van der Waals surface area contributed by atoms with Gasteiger partial charge in [0.2, 0.25) is 11.8 Å². The molecular formula is C20H38Cl2N4O2. The molecule has 0 aliphatic carbocycles. The van der Waals surface area contributed by atoms with Crippen molar-refractivity contribution in [2.75, 3.05) is 45.8 Å². The number of fused-ring (bicyclic) bond motifs is 2. The first-order valence-corrected chi connectivity index (χ1v) is 10.6. The number of likely N-dealkylation sites (N-methyl/N-ethyl adjacent to an activating group) is 1. The molecule has 2 bridgehead atoms. The molecule has 3 fully saturated rings. The smallest absolute Gasteiger partial charge is 0.236 e. The predicted molar refractivity (Wildman–Crippen MR) is 117 cm³/mol. The number of rotatable bonds is 6. The van der Waals surface area contributed by atoms with Crippen LogP contribution in [-0.2, 0) is 9.59 Å². The standard InChI is InChI=1S/C20H36N4O2.2ClH/c1-3-23(4-2)20(26)15-22-8-5-9-24(11-10-22)19(25)14-16-12-17-6-7-18(13-16)21-17;;/h16-18,21H,3-15H2,1-2H3;2*1H. The number of hydrogen-bond donors (Lipinski definition) is 1. The summed E-state index contributed by atoms with van der Waals surface area (Å²) in [6.07, 6.45) is 6.59. The van der Waals surface area contributed by atoms with Crippen molar-refractivity contribution in [3.8, 4) is 0 Å². The highest BCUT2D eigenvalue weighted by Gasteiger charge is 2.35. The molecule has 0 spiro atoms. The van der Waals surface area contributed by atoms with E-state index in [4.69, 9.17) is 0 Å². The molecule has 0 aromatic rings. The first-order chi connectivity index (χ1) is 12.6. The minimum Gasteiger partial charge on any atom is -0.342 e. The third-order valence-electron chi connectivity index (χ3n) is 6.45. The van der Waals surface area contributed by atoms with Crippen LogP contribution in [0.4, 0.5) is 0 Å². The molecule has 3 saturated heterocycles. The summed E-state index contributed by atoms with van der Waals surface area (Å²) in [4.78, 5) is 31.3. The molecule has 28 heavy (non-hydrogen) atoms. The van der Waals surface area contributed by atoms with Crippen molar-refractivity contribution < 1.29 is 9.59 Å². The fourth-order valence-corrected chi connectivity index (χ4v) is 4.96. The number of hydrogen-bond acceptors (Lipinski definition) is 4. The van der Waals surface area contributed by atoms with Crippen LogP contribution in [0.5, 0.6) is 0 Å². The lowest BCUT2D eigenvalue weighted by molar-refractivity contribution is -0.132. The Balaban J connectivity index is 0.00000196. The number of carbonyl (C=O) groups excluding carboxylic acids is 2.